The van der Waals surface area contributed by atoms with Gasteiger partial charge in [0.1, 0.15) is 0 Å². The smallest absolute Gasteiger partial charge is 0.273 e. The average molecular weight is 363 g/mol. The first kappa shape index (κ1) is 17.6. The number of nitrogens with one attached hydrogen (secondary N) is 1. The molecule has 0 unspecified atom stereocenters. The standard InChI is InChI=1S/C16H21N5O3S/c1-12(2)25(23,24)20-9-14(10-20)21-11-15(18-19-21)16(22)17-8-13-6-4-3-5-7-13/h3-7,11-12,14H,8-10H2,1-2H3,(H,17,22). The summed E-state index contributed by atoms with van der Waals surface area (Å²) in [4.78, 5) is 12.1. The van der Waals surface area contributed by atoms with Gasteiger partial charge in [0.2, 0.25) is 10.0 Å². The van der Waals surface area contributed by atoms with Gasteiger partial charge in [-0.15, -0.1) is 5.10 Å². The van der Waals surface area contributed by atoms with Crippen molar-refractivity contribution in [1.29, 1.82) is 0 Å². The van der Waals surface area contributed by atoms with Crippen LogP contribution in [0.1, 0.15) is 35.9 Å². The van der Waals surface area contributed by atoms with E-state index >= 15 is 0 Å². The summed E-state index contributed by atoms with van der Waals surface area (Å²) in [6, 6.07) is 9.50. The van der Waals surface area contributed by atoms with Gasteiger partial charge in [-0.2, -0.15) is 4.31 Å². The molecule has 0 spiro atoms. The van der Waals surface area contributed by atoms with Crippen LogP contribution in [0.15, 0.2) is 36.5 Å². The van der Waals surface area contributed by atoms with Crippen molar-refractivity contribution in [1.82, 2.24) is 24.6 Å². The molecule has 1 fully saturated rings. The van der Waals surface area contributed by atoms with Crippen molar-refractivity contribution in [2.75, 3.05) is 13.1 Å². The van der Waals surface area contributed by atoms with Crippen molar-refractivity contribution in [3.05, 3.63) is 47.8 Å². The molecule has 2 heterocycles. The SMILES string of the molecule is CC(C)S(=O)(=O)N1CC(n2cc(C(=O)NCc3ccccc3)nn2)C1. The summed E-state index contributed by atoms with van der Waals surface area (Å²) >= 11 is 0. The molecule has 0 atom stereocenters. The first-order chi connectivity index (χ1) is 11.9. The molecule has 1 amide bonds. The van der Waals surface area contributed by atoms with Crippen LogP contribution in [-0.4, -0.2) is 52.0 Å². The van der Waals surface area contributed by atoms with Gasteiger partial charge in [0.05, 0.1) is 17.5 Å². The molecule has 25 heavy (non-hydrogen) atoms. The molecule has 1 aliphatic heterocycles. The highest BCUT2D eigenvalue weighted by atomic mass is 32.2. The molecule has 0 bridgehead atoms. The molecular weight excluding hydrogens is 342 g/mol. The minimum Gasteiger partial charge on any atom is -0.347 e. The second-order valence-electron chi connectivity index (χ2n) is 6.32. The Bertz CT molecular complexity index is 842. The minimum atomic E-state index is -3.24. The normalized spacial score (nSPS) is 16.0. The van der Waals surface area contributed by atoms with Crippen LogP contribution in [0.5, 0.6) is 0 Å². The number of sulfonamides is 1. The Labute approximate surface area is 146 Å². The van der Waals surface area contributed by atoms with Gasteiger partial charge in [-0.05, 0) is 19.4 Å². The zero-order valence-electron chi connectivity index (χ0n) is 14.2. The second kappa shape index (κ2) is 6.93. The Hall–Kier alpha value is -2.26. The van der Waals surface area contributed by atoms with Crippen molar-refractivity contribution in [3.8, 4) is 0 Å². The number of hydrogen-bond acceptors (Lipinski definition) is 5. The number of carbonyl (C=O) groups excluding carboxylic acids is 1. The fraction of sp³-hybridized carbons (Fsp3) is 0.438. The van der Waals surface area contributed by atoms with Crippen LogP contribution < -0.4 is 5.32 Å². The van der Waals surface area contributed by atoms with Crippen molar-refractivity contribution < 1.29 is 13.2 Å². The van der Waals surface area contributed by atoms with Gasteiger partial charge in [0.25, 0.3) is 5.91 Å². The summed E-state index contributed by atoms with van der Waals surface area (Å²) in [5.74, 6) is -0.305. The largest absolute Gasteiger partial charge is 0.347 e. The number of rotatable bonds is 6. The van der Waals surface area contributed by atoms with Crippen LogP contribution in [0.3, 0.4) is 0 Å². The molecule has 1 saturated heterocycles. The number of aromatic nitrogens is 3. The van der Waals surface area contributed by atoms with Gasteiger partial charge >= 0.3 is 0 Å². The van der Waals surface area contributed by atoms with E-state index in [2.05, 4.69) is 15.6 Å². The van der Waals surface area contributed by atoms with E-state index in [-0.39, 0.29) is 17.6 Å². The number of hydrogen-bond donors (Lipinski definition) is 1. The summed E-state index contributed by atoms with van der Waals surface area (Å²) in [7, 11) is -3.24. The Balaban J connectivity index is 1.56. The monoisotopic (exact) mass is 363 g/mol. The van der Waals surface area contributed by atoms with E-state index in [1.54, 1.807) is 24.7 Å². The fourth-order valence-electron chi connectivity index (χ4n) is 2.52. The van der Waals surface area contributed by atoms with Gasteiger partial charge in [-0.25, -0.2) is 13.1 Å². The van der Waals surface area contributed by atoms with Gasteiger partial charge in [0.15, 0.2) is 5.69 Å². The Morgan fingerprint density at radius 3 is 2.60 bits per heavy atom. The topological polar surface area (TPSA) is 97.2 Å². The number of amides is 1. The zero-order chi connectivity index (χ0) is 18.0. The Morgan fingerprint density at radius 1 is 1.28 bits per heavy atom. The highest BCUT2D eigenvalue weighted by Gasteiger charge is 2.38. The number of benzene rings is 1. The molecule has 0 aliphatic carbocycles. The zero-order valence-corrected chi connectivity index (χ0v) is 15.0. The lowest BCUT2D eigenvalue weighted by Crippen LogP contribution is -2.52. The van der Waals surface area contributed by atoms with E-state index in [4.69, 9.17) is 0 Å². The van der Waals surface area contributed by atoms with Crippen LogP contribution in [0.2, 0.25) is 0 Å². The average Bonchev–Trinajstić information content (AvgIpc) is 3.01. The van der Waals surface area contributed by atoms with E-state index in [1.807, 2.05) is 30.3 Å². The molecule has 1 aromatic heterocycles. The van der Waals surface area contributed by atoms with Crippen LogP contribution >= 0.6 is 0 Å². The molecule has 0 radical (unpaired) electrons. The van der Waals surface area contributed by atoms with Crippen molar-refractivity contribution in [3.63, 3.8) is 0 Å². The molecule has 9 heteroatoms. The summed E-state index contributed by atoms with van der Waals surface area (Å²) in [5.41, 5.74) is 1.22. The Morgan fingerprint density at radius 2 is 1.96 bits per heavy atom. The van der Waals surface area contributed by atoms with E-state index in [0.717, 1.165) is 5.56 Å². The number of carbonyl (C=O) groups is 1. The van der Waals surface area contributed by atoms with Gasteiger partial charge in [0, 0.05) is 19.6 Å². The van der Waals surface area contributed by atoms with Crippen LogP contribution in [0.4, 0.5) is 0 Å². The fourth-order valence-corrected chi connectivity index (χ4v) is 3.87. The van der Waals surface area contributed by atoms with Crippen LogP contribution in [0, 0.1) is 0 Å². The lowest BCUT2D eigenvalue weighted by molar-refractivity contribution is 0.0945. The summed E-state index contributed by atoms with van der Waals surface area (Å²) in [5, 5.41) is 10.2. The maximum Gasteiger partial charge on any atom is 0.273 e. The van der Waals surface area contributed by atoms with Crippen molar-refractivity contribution in [2.45, 2.75) is 31.7 Å². The van der Waals surface area contributed by atoms with Crippen molar-refractivity contribution in [2.24, 2.45) is 0 Å². The lowest BCUT2D eigenvalue weighted by Gasteiger charge is -2.38. The third-order valence-electron chi connectivity index (χ3n) is 4.20. The molecular formula is C16H21N5O3S. The highest BCUT2D eigenvalue weighted by molar-refractivity contribution is 7.89. The second-order valence-corrected chi connectivity index (χ2v) is 8.81. The first-order valence-corrected chi connectivity index (χ1v) is 9.61. The maximum absolute atomic E-state index is 12.1. The minimum absolute atomic E-state index is 0.0864. The van der Waals surface area contributed by atoms with Crippen LogP contribution in [-0.2, 0) is 16.6 Å². The first-order valence-electron chi connectivity index (χ1n) is 8.11. The third kappa shape index (κ3) is 3.72. The molecule has 0 saturated carbocycles. The summed E-state index contributed by atoms with van der Waals surface area (Å²) < 4.78 is 27.1. The molecule has 134 valence electrons. The van der Waals surface area contributed by atoms with E-state index in [1.165, 1.54) is 4.31 Å². The van der Waals surface area contributed by atoms with Gasteiger partial charge in [-0.1, -0.05) is 35.5 Å². The Kier molecular flexibility index (Phi) is 4.87. The third-order valence-corrected chi connectivity index (χ3v) is 6.41. The van der Waals surface area contributed by atoms with E-state index in [9.17, 15) is 13.2 Å². The van der Waals surface area contributed by atoms with E-state index in [0.29, 0.717) is 19.6 Å². The lowest BCUT2D eigenvalue weighted by atomic mass is 10.2. The molecule has 2 aromatic rings. The van der Waals surface area contributed by atoms with Crippen molar-refractivity contribution >= 4 is 15.9 Å². The predicted molar refractivity (Wildman–Crippen MR) is 92.3 cm³/mol. The van der Waals surface area contributed by atoms with Gasteiger partial charge < -0.3 is 5.32 Å². The quantitative estimate of drug-likeness (QED) is 0.819. The molecule has 8 nitrogen and oxygen atoms in total. The molecule has 3 rings (SSSR count). The summed E-state index contributed by atoms with van der Waals surface area (Å²) in [6.07, 6.45) is 1.56. The summed E-state index contributed by atoms with van der Waals surface area (Å²) in [6.45, 7) is 4.45. The highest BCUT2D eigenvalue weighted by Crippen LogP contribution is 2.25. The van der Waals surface area contributed by atoms with Crippen LogP contribution in [0.25, 0.3) is 0 Å². The predicted octanol–water partition coefficient (Wildman–Crippen LogP) is 0.803. The molecule has 1 aromatic carbocycles. The maximum atomic E-state index is 12.1. The van der Waals surface area contributed by atoms with E-state index < -0.39 is 15.3 Å². The molecule has 1 aliphatic rings. The van der Waals surface area contributed by atoms with Gasteiger partial charge in [-0.3, -0.25) is 4.79 Å². The number of nitrogens with zero attached hydrogens (tertiary/aromatic N) is 4. The molecule has 1 N–H and O–H groups in total.